The minimum absolute atomic E-state index is 0.193. The molecule has 18 heavy (non-hydrogen) atoms. The maximum Gasteiger partial charge on any atom is 0.346 e. The minimum Gasteiger partial charge on any atom is -0.497 e. The van der Waals surface area contributed by atoms with Gasteiger partial charge in [0.05, 0.1) is 12.0 Å². The van der Waals surface area contributed by atoms with Crippen LogP contribution in [0, 0.1) is 22.5 Å². The Morgan fingerprint density at radius 2 is 2.22 bits per heavy atom. The van der Waals surface area contributed by atoms with Gasteiger partial charge in [-0.2, -0.15) is 0 Å². The summed E-state index contributed by atoms with van der Waals surface area (Å²) in [7, 11) is 1.39. The van der Waals surface area contributed by atoms with Crippen molar-refractivity contribution in [1.29, 1.82) is 0 Å². The van der Waals surface area contributed by atoms with Crippen molar-refractivity contribution >= 4 is 11.7 Å². The first-order valence-electron chi connectivity index (χ1n) is 4.99. The number of carbonyl (C=O) groups excluding carboxylic acids is 1. The fraction of sp³-hybridized carbons (Fsp3) is 0.250. The van der Waals surface area contributed by atoms with Crippen molar-refractivity contribution < 1.29 is 19.2 Å². The molecule has 1 rings (SSSR count). The normalized spacial score (nSPS) is 11.2. The number of terminal acetylenes is 1. The van der Waals surface area contributed by atoms with Crippen molar-refractivity contribution in [1.82, 2.24) is 0 Å². The molecule has 0 heterocycles. The Morgan fingerprint density at radius 1 is 1.56 bits per heavy atom. The van der Waals surface area contributed by atoms with E-state index in [4.69, 9.17) is 15.9 Å². The van der Waals surface area contributed by atoms with Gasteiger partial charge in [-0.15, -0.1) is 6.42 Å². The van der Waals surface area contributed by atoms with Gasteiger partial charge >= 0.3 is 5.97 Å². The first-order valence-corrected chi connectivity index (χ1v) is 4.99. The van der Waals surface area contributed by atoms with E-state index in [9.17, 15) is 14.9 Å². The number of ether oxygens (including phenoxy) is 2. The van der Waals surface area contributed by atoms with Gasteiger partial charge in [0.25, 0.3) is 5.69 Å². The molecule has 0 radical (unpaired) electrons. The Morgan fingerprint density at radius 3 is 2.72 bits per heavy atom. The zero-order valence-electron chi connectivity index (χ0n) is 9.88. The van der Waals surface area contributed by atoms with E-state index >= 15 is 0 Å². The Balaban J connectivity index is 3.15. The van der Waals surface area contributed by atoms with Crippen LogP contribution in [0.5, 0.6) is 5.75 Å². The molecule has 0 bridgehead atoms. The fourth-order valence-corrected chi connectivity index (χ4v) is 1.22. The Bertz CT molecular complexity index is 518. The number of methoxy groups -OCH3 is 1. The molecule has 1 aromatic carbocycles. The van der Waals surface area contributed by atoms with Crippen molar-refractivity contribution in [3.8, 4) is 18.1 Å². The highest BCUT2D eigenvalue weighted by atomic mass is 16.6. The van der Waals surface area contributed by atoms with Crippen LogP contribution in [0.15, 0.2) is 18.2 Å². The Kier molecular flexibility index (Phi) is 4.27. The highest BCUT2D eigenvalue weighted by molar-refractivity contribution is 5.94. The molecule has 1 atom stereocenters. The molecule has 0 saturated carbocycles. The SMILES string of the molecule is C#C[C@@H](C)OC(=O)c1cc(OC)ccc1[N+](=O)[O-]. The molecular formula is C12H11NO5. The molecule has 0 aliphatic rings. The second kappa shape index (κ2) is 5.68. The predicted molar refractivity (Wildman–Crippen MR) is 63.4 cm³/mol. The van der Waals surface area contributed by atoms with E-state index in [0.29, 0.717) is 5.75 Å². The molecule has 0 aromatic heterocycles. The largest absolute Gasteiger partial charge is 0.497 e. The number of benzene rings is 1. The number of nitro benzene ring substituents is 1. The lowest BCUT2D eigenvalue weighted by molar-refractivity contribution is -0.385. The summed E-state index contributed by atoms with van der Waals surface area (Å²) in [6.07, 6.45) is 4.31. The molecule has 1 aromatic rings. The lowest BCUT2D eigenvalue weighted by Crippen LogP contribution is -2.14. The number of nitrogens with zero attached hydrogens (tertiary/aromatic N) is 1. The van der Waals surface area contributed by atoms with Crippen molar-refractivity contribution in [3.05, 3.63) is 33.9 Å². The summed E-state index contributed by atoms with van der Waals surface area (Å²) in [5.74, 6) is 1.66. The number of esters is 1. The highest BCUT2D eigenvalue weighted by Gasteiger charge is 2.23. The van der Waals surface area contributed by atoms with Gasteiger partial charge < -0.3 is 9.47 Å². The Labute approximate surface area is 104 Å². The zero-order chi connectivity index (χ0) is 13.7. The molecule has 0 fully saturated rings. The van der Waals surface area contributed by atoms with Crippen LogP contribution in [0.3, 0.4) is 0 Å². The summed E-state index contributed by atoms with van der Waals surface area (Å²) < 4.78 is 9.74. The summed E-state index contributed by atoms with van der Waals surface area (Å²) >= 11 is 0. The topological polar surface area (TPSA) is 78.7 Å². The van der Waals surface area contributed by atoms with Crippen LogP contribution < -0.4 is 4.74 Å². The third-order valence-corrected chi connectivity index (χ3v) is 2.14. The van der Waals surface area contributed by atoms with Gasteiger partial charge in [0.1, 0.15) is 11.3 Å². The van der Waals surface area contributed by atoms with Crippen molar-refractivity contribution in [3.63, 3.8) is 0 Å². The summed E-state index contributed by atoms with van der Waals surface area (Å²) in [6.45, 7) is 1.49. The monoisotopic (exact) mass is 249 g/mol. The number of nitro groups is 1. The van der Waals surface area contributed by atoms with Crippen LogP contribution in [0.2, 0.25) is 0 Å². The maximum atomic E-state index is 11.7. The van der Waals surface area contributed by atoms with E-state index in [2.05, 4.69) is 5.92 Å². The molecule has 94 valence electrons. The van der Waals surface area contributed by atoms with Crippen molar-refractivity contribution in [2.45, 2.75) is 13.0 Å². The van der Waals surface area contributed by atoms with E-state index in [1.165, 1.54) is 32.2 Å². The zero-order valence-corrected chi connectivity index (χ0v) is 9.88. The van der Waals surface area contributed by atoms with Crippen LogP contribution in [0.25, 0.3) is 0 Å². The molecule has 0 aliphatic heterocycles. The second-order valence-electron chi connectivity index (χ2n) is 3.35. The summed E-state index contributed by atoms with van der Waals surface area (Å²) in [4.78, 5) is 21.9. The summed E-state index contributed by atoms with van der Waals surface area (Å²) in [5.41, 5.74) is -0.550. The average molecular weight is 249 g/mol. The van der Waals surface area contributed by atoms with Crippen LogP contribution in [0.4, 0.5) is 5.69 Å². The molecule has 0 N–H and O–H groups in total. The van der Waals surface area contributed by atoms with E-state index in [1.807, 2.05) is 0 Å². The number of carbonyl (C=O) groups is 1. The second-order valence-corrected chi connectivity index (χ2v) is 3.35. The van der Waals surface area contributed by atoms with Crippen LogP contribution in [-0.4, -0.2) is 24.1 Å². The average Bonchev–Trinajstić information content (AvgIpc) is 2.37. The van der Waals surface area contributed by atoms with Crippen LogP contribution in [-0.2, 0) is 4.74 Å². The standard InChI is InChI=1S/C12H11NO5/c1-4-8(2)18-12(14)10-7-9(17-3)5-6-11(10)13(15)16/h1,5-8H,2-3H3/t8-/m1/s1. The molecular weight excluding hydrogens is 238 g/mol. The molecule has 0 saturated heterocycles. The van der Waals surface area contributed by atoms with E-state index < -0.39 is 17.0 Å². The van der Waals surface area contributed by atoms with Crippen molar-refractivity contribution in [2.24, 2.45) is 0 Å². The first kappa shape index (κ1) is 13.5. The Hall–Kier alpha value is -2.55. The fourth-order valence-electron chi connectivity index (χ4n) is 1.22. The molecule has 6 nitrogen and oxygen atoms in total. The van der Waals surface area contributed by atoms with Gasteiger partial charge in [0, 0.05) is 12.1 Å². The van der Waals surface area contributed by atoms with Gasteiger partial charge in [-0.25, -0.2) is 4.79 Å². The highest BCUT2D eigenvalue weighted by Crippen LogP contribution is 2.24. The lowest BCUT2D eigenvalue weighted by Gasteiger charge is -2.08. The molecule has 6 heteroatoms. The van der Waals surface area contributed by atoms with Crippen LogP contribution >= 0.6 is 0 Å². The summed E-state index contributed by atoms with van der Waals surface area (Å²) in [6, 6.07) is 3.80. The van der Waals surface area contributed by atoms with Crippen molar-refractivity contribution in [2.75, 3.05) is 7.11 Å². The van der Waals surface area contributed by atoms with Gasteiger partial charge in [-0.3, -0.25) is 10.1 Å². The van der Waals surface area contributed by atoms with Gasteiger partial charge in [-0.1, -0.05) is 5.92 Å². The third kappa shape index (κ3) is 2.98. The number of hydrogen-bond donors (Lipinski definition) is 0. The third-order valence-electron chi connectivity index (χ3n) is 2.14. The molecule has 0 aliphatic carbocycles. The molecule has 0 unspecified atom stereocenters. The van der Waals surface area contributed by atoms with Gasteiger partial charge in [0.2, 0.25) is 0 Å². The van der Waals surface area contributed by atoms with E-state index in [-0.39, 0.29) is 11.3 Å². The van der Waals surface area contributed by atoms with Crippen LogP contribution in [0.1, 0.15) is 17.3 Å². The smallest absolute Gasteiger partial charge is 0.346 e. The molecule has 0 amide bonds. The van der Waals surface area contributed by atoms with E-state index in [1.54, 1.807) is 0 Å². The maximum absolute atomic E-state index is 11.7. The number of hydrogen-bond acceptors (Lipinski definition) is 5. The first-order chi connectivity index (χ1) is 8.49. The quantitative estimate of drug-likeness (QED) is 0.352. The van der Waals surface area contributed by atoms with Gasteiger partial charge in [-0.05, 0) is 13.0 Å². The van der Waals surface area contributed by atoms with Gasteiger partial charge in [0.15, 0.2) is 6.10 Å². The lowest BCUT2D eigenvalue weighted by atomic mass is 10.1. The molecule has 0 spiro atoms. The van der Waals surface area contributed by atoms with E-state index in [0.717, 1.165) is 0 Å². The minimum atomic E-state index is -0.856. The number of rotatable bonds is 4. The summed E-state index contributed by atoms with van der Waals surface area (Å²) in [5, 5.41) is 10.8. The predicted octanol–water partition coefficient (Wildman–Crippen LogP) is 1.78.